The van der Waals surface area contributed by atoms with Crippen LogP contribution in [-0.2, 0) is 0 Å². The van der Waals surface area contributed by atoms with Gasteiger partial charge in [-0.05, 0) is 38.1 Å². The number of hydrogen-bond acceptors (Lipinski definition) is 3. The molecule has 0 radical (unpaired) electrons. The van der Waals surface area contributed by atoms with Gasteiger partial charge in [0, 0.05) is 37.8 Å². The SMILES string of the molecule is CCC(C)CC(CC)(CN)N1CCN2CCCC2C1. The first kappa shape index (κ1) is 15.3. The largest absolute Gasteiger partial charge is 0.329 e. The first-order valence-corrected chi connectivity index (χ1v) is 8.34. The molecule has 2 saturated heterocycles. The van der Waals surface area contributed by atoms with Crippen molar-refractivity contribution in [3.63, 3.8) is 0 Å². The van der Waals surface area contributed by atoms with Crippen molar-refractivity contribution in [1.82, 2.24) is 9.80 Å². The molecule has 2 N–H and O–H groups in total. The van der Waals surface area contributed by atoms with Crippen molar-refractivity contribution in [1.29, 1.82) is 0 Å². The topological polar surface area (TPSA) is 32.5 Å². The zero-order valence-electron chi connectivity index (χ0n) is 13.2. The van der Waals surface area contributed by atoms with Crippen LogP contribution in [0.3, 0.4) is 0 Å². The van der Waals surface area contributed by atoms with Crippen LogP contribution >= 0.6 is 0 Å². The van der Waals surface area contributed by atoms with Crippen LogP contribution in [0.1, 0.15) is 52.9 Å². The molecule has 112 valence electrons. The lowest BCUT2D eigenvalue weighted by atomic mass is 9.82. The molecular weight excluding hydrogens is 234 g/mol. The number of rotatable bonds is 6. The van der Waals surface area contributed by atoms with Crippen LogP contribution < -0.4 is 5.73 Å². The summed E-state index contributed by atoms with van der Waals surface area (Å²) < 4.78 is 0. The highest BCUT2D eigenvalue weighted by Crippen LogP contribution is 2.32. The van der Waals surface area contributed by atoms with Gasteiger partial charge in [0.05, 0.1) is 0 Å². The van der Waals surface area contributed by atoms with E-state index < -0.39 is 0 Å². The van der Waals surface area contributed by atoms with Gasteiger partial charge >= 0.3 is 0 Å². The Kier molecular flexibility index (Phi) is 5.27. The van der Waals surface area contributed by atoms with Crippen molar-refractivity contribution in [2.75, 3.05) is 32.7 Å². The first-order valence-electron chi connectivity index (χ1n) is 8.34. The Labute approximate surface area is 119 Å². The molecule has 2 rings (SSSR count). The molecule has 2 aliphatic heterocycles. The smallest absolute Gasteiger partial charge is 0.0332 e. The van der Waals surface area contributed by atoms with Crippen molar-refractivity contribution in [2.24, 2.45) is 11.7 Å². The fourth-order valence-electron chi connectivity index (χ4n) is 4.07. The van der Waals surface area contributed by atoms with Crippen LogP contribution in [0.15, 0.2) is 0 Å². The van der Waals surface area contributed by atoms with Gasteiger partial charge in [-0.3, -0.25) is 9.80 Å². The molecule has 3 nitrogen and oxygen atoms in total. The molecule has 19 heavy (non-hydrogen) atoms. The zero-order valence-corrected chi connectivity index (χ0v) is 13.2. The zero-order chi connectivity index (χ0) is 13.9. The molecule has 2 aliphatic rings. The molecule has 3 atom stereocenters. The summed E-state index contributed by atoms with van der Waals surface area (Å²) in [5.41, 5.74) is 6.49. The third-order valence-electron chi connectivity index (χ3n) is 5.72. The van der Waals surface area contributed by atoms with Gasteiger partial charge in [-0.15, -0.1) is 0 Å². The van der Waals surface area contributed by atoms with Crippen molar-refractivity contribution in [2.45, 2.75) is 64.5 Å². The van der Waals surface area contributed by atoms with Crippen LogP contribution in [0.5, 0.6) is 0 Å². The fraction of sp³-hybridized carbons (Fsp3) is 1.00. The minimum atomic E-state index is 0.254. The maximum absolute atomic E-state index is 6.23. The Morgan fingerprint density at radius 1 is 1.26 bits per heavy atom. The molecule has 0 bridgehead atoms. The van der Waals surface area contributed by atoms with Gasteiger partial charge in [0.1, 0.15) is 0 Å². The van der Waals surface area contributed by atoms with Crippen molar-refractivity contribution < 1.29 is 0 Å². The second-order valence-corrected chi connectivity index (χ2v) is 6.78. The molecule has 0 aromatic carbocycles. The van der Waals surface area contributed by atoms with Crippen LogP contribution in [0.25, 0.3) is 0 Å². The van der Waals surface area contributed by atoms with Crippen LogP contribution in [0.2, 0.25) is 0 Å². The number of piperazine rings is 1. The van der Waals surface area contributed by atoms with E-state index in [1.165, 1.54) is 58.3 Å². The van der Waals surface area contributed by atoms with E-state index in [0.29, 0.717) is 0 Å². The molecule has 0 aliphatic carbocycles. The van der Waals surface area contributed by atoms with E-state index in [-0.39, 0.29) is 5.54 Å². The van der Waals surface area contributed by atoms with Gasteiger partial charge in [-0.1, -0.05) is 27.2 Å². The number of nitrogens with zero attached hydrogens (tertiary/aromatic N) is 2. The number of hydrogen-bond donors (Lipinski definition) is 1. The highest BCUT2D eigenvalue weighted by Gasteiger charge is 2.40. The van der Waals surface area contributed by atoms with Crippen LogP contribution in [0.4, 0.5) is 0 Å². The molecule has 2 fully saturated rings. The Balaban J connectivity index is 2.05. The Bertz CT molecular complexity index is 275. The maximum Gasteiger partial charge on any atom is 0.0332 e. The Morgan fingerprint density at radius 2 is 2.05 bits per heavy atom. The molecule has 0 amide bonds. The summed E-state index contributed by atoms with van der Waals surface area (Å²) >= 11 is 0. The average Bonchev–Trinajstić information content (AvgIpc) is 2.92. The molecule has 0 aromatic rings. The molecule has 0 saturated carbocycles. The second kappa shape index (κ2) is 6.55. The summed E-state index contributed by atoms with van der Waals surface area (Å²) in [6.45, 7) is 12.9. The highest BCUT2D eigenvalue weighted by molar-refractivity contribution is 4.97. The van der Waals surface area contributed by atoms with Gasteiger partial charge in [0.25, 0.3) is 0 Å². The average molecular weight is 267 g/mol. The lowest BCUT2D eigenvalue weighted by molar-refractivity contribution is 0.00298. The van der Waals surface area contributed by atoms with Gasteiger partial charge in [0.2, 0.25) is 0 Å². The second-order valence-electron chi connectivity index (χ2n) is 6.78. The maximum atomic E-state index is 6.23. The summed E-state index contributed by atoms with van der Waals surface area (Å²) in [6.07, 6.45) is 6.52. The number of nitrogens with two attached hydrogens (primary N) is 1. The summed E-state index contributed by atoms with van der Waals surface area (Å²) in [6, 6.07) is 0.808. The minimum Gasteiger partial charge on any atom is -0.329 e. The monoisotopic (exact) mass is 267 g/mol. The van der Waals surface area contributed by atoms with Crippen LogP contribution in [0, 0.1) is 5.92 Å². The highest BCUT2D eigenvalue weighted by atomic mass is 15.3. The molecule has 3 unspecified atom stereocenters. The molecular formula is C16H33N3. The Morgan fingerprint density at radius 3 is 2.68 bits per heavy atom. The number of fused-ring (bicyclic) bond motifs is 1. The standard InChI is InChI=1S/C16H33N3/c1-4-14(3)11-16(5-2,13-17)19-10-9-18-8-6-7-15(18)12-19/h14-15H,4-13,17H2,1-3H3. The van der Waals surface area contributed by atoms with Crippen molar-refractivity contribution >= 4 is 0 Å². The van der Waals surface area contributed by atoms with E-state index in [1.54, 1.807) is 0 Å². The van der Waals surface area contributed by atoms with Gasteiger partial charge in [-0.2, -0.15) is 0 Å². The molecule has 0 spiro atoms. The third kappa shape index (κ3) is 3.14. The quantitative estimate of drug-likeness (QED) is 0.801. The minimum absolute atomic E-state index is 0.254. The van der Waals surface area contributed by atoms with E-state index in [4.69, 9.17) is 5.73 Å². The molecule has 2 heterocycles. The van der Waals surface area contributed by atoms with E-state index in [0.717, 1.165) is 18.5 Å². The summed E-state index contributed by atoms with van der Waals surface area (Å²) in [5, 5.41) is 0. The van der Waals surface area contributed by atoms with Crippen molar-refractivity contribution in [3.05, 3.63) is 0 Å². The lowest BCUT2D eigenvalue weighted by Crippen LogP contribution is -2.62. The normalized spacial score (nSPS) is 30.0. The summed E-state index contributed by atoms with van der Waals surface area (Å²) in [7, 11) is 0. The summed E-state index contributed by atoms with van der Waals surface area (Å²) in [4.78, 5) is 5.43. The summed E-state index contributed by atoms with van der Waals surface area (Å²) in [5.74, 6) is 0.783. The predicted octanol–water partition coefficient (Wildman–Crippen LogP) is 2.31. The fourth-order valence-corrected chi connectivity index (χ4v) is 4.07. The lowest BCUT2D eigenvalue weighted by Gasteiger charge is -2.49. The van der Waals surface area contributed by atoms with Gasteiger partial charge in [-0.25, -0.2) is 0 Å². The van der Waals surface area contributed by atoms with Gasteiger partial charge < -0.3 is 5.73 Å². The Hall–Kier alpha value is -0.120. The molecule has 0 aromatic heterocycles. The predicted molar refractivity (Wildman–Crippen MR) is 82.3 cm³/mol. The van der Waals surface area contributed by atoms with E-state index in [2.05, 4.69) is 30.6 Å². The van der Waals surface area contributed by atoms with Crippen molar-refractivity contribution in [3.8, 4) is 0 Å². The van der Waals surface area contributed by atoms with E-state index >= 15 is 0 Å². The van der Waals surface area contributed by atoms with E-state index in [9.17, 15) is 0 Å². The van der Waals surface area contributed by atoms with Crippen LogP contribution in [-0.4, -0.2) is 54.1 Å². The first-order chi connectivity index (χ1) is 9.15. The van der Waals surface area contributed by atoms with E-state index in [1.807, 2.05) is 0 Å². The van der Waals surface area contributed by atoms with Gasteiger partial charge in [0.15, 0.2) is 0 Å². The third-order valence-corrected chi connectivity index (χ3v) is 5.72. The molecule has 3 heteroatoms.